The number of Topliss-reactive ketones (excluding diaryl/α,β-unsaturated/α-hetero) is 1. The molecule has 6 nitrogen and oxygen atoms in total. The Morgan fingerprint density at radius 2 is 1.79 bits per heavy atom. The Morgan fingerprint density at radius 1 is 1.03 bits per heavy atom. The van der Waals surface area contributed by atoms with Crippen molar-refractivity contribution < 1.29 is 24.2 Å². The molecule has 1 amide bonds. The maximum Gasteiger partial charge on any atom is 0.300 e. The van der Waals surface area contributed by atoms with Crippen molar-refractivity contribution in [2.75, 3.05) is 18.6 Å². The highest BCUT2D eigenvalue weighted by Gasteiger charge is 2.47. The molecule has 0 saturated carbocycles. The van der Waals surface area contributed by atoms with E-state index >= 15 is 0 Å². The van der Waals surface area contributed by atoms with E-state index in [0.29, 0.717) is 29.4 Å². The van der Waals surface area contributed by atoms with Crippen LogP contribution in [0.25, 0.3) is 5.76 Å². The van der Waals surface area contributed by atoms with Crippen LogP contribution in [0.4, 0.5) is 5.69 Å². The Hall–Kier alpha value is -3.77. The summed E-state index contributed by atoms with van der Waals surface area (Å²) in [5, 5.41) is 11.6. The van der Waals surface area contributed by atoms with Crippen molar-refractivity contribution in [3.8, 4) is 11.5 Å². The predicted molar refractivity (Wildman–Crippen MR) is 132 cm³/mol. The number of para-hydroxylation sites is 1. The number of ether oxygens (including phenoxy) is 2. The Bertz CT molecular complexity index is 1300. The molecule has 34 heavy (non-hydrogen) atoms. The maximum atomic E-state index is 13.4. The fraction of sp³-hybridized carbons (Fsp3) is 0.185. The van der Waals surface area contributed by atoms with Gasteiger partial charge in [-0.05, 0) is 61.4 Å². The van der Waals surface area contributed by atoms with Crippen LogP contribution in [0.1, 0.15) is 29.7 Å². The number of aliphatic hydroxyl groups excluding tert-OH is 1. The van der Waals surface area contributed by atoms with Gasteiger partial charge in [0, 0.05) is 11.3 Å². The zero-order valence-corrected chi connectivity index (χ0v) is 19.8. The number of amides is 1. The van der Waals surface area contributed by atoms with Crippen LogP contribution in [0, 0.1) is 6.92 Å². The van der Waals surface area contributed by atoms with Crippen molar-refractivity contribution in [1.29, 1.82) is 0 Å². The number of halogens is 1. The molecule has 1 aliphatic heterocycles. The number of rotatable bonds is 6. The van der Waals surface area contributed by atoms with Crippen LogP contribution >= 0.6 is 11.6 Å². The molecule has 3 aromatic rings. The first kappa shape index (κ1) is 23.4. The highest BCUT2D eigenvalue weighted by Crippen LogP contribution is 2.44. The number of aryl methyl sites for hydroxylation is 1. The van der Waals surface area contributed by atoms with Gasteiger partial charge in [-0.25, -0.2) is 0 Å². The summed E-state index contributed by atoms with van der Waals surface area (Å²) in [6, 6.07) is 18.3. The summed E-state index contributed by atoms with van der Waals surface area (Å²) in [5.41, 5.74) is 2.15. The van der Waals surface area contributed by atoms with Gasteiger partial charge in [0.15, 0.2) is 0 Å². The van der Waals surface area contributed by atoms with Gasteiger partial charge < -0.3 is 14.6 Å². The summed E-state index contributed by atoms with van der Waals surface area (Å²) in [4.78, 5) is 28.1. The Kier molecular flexibility index (Phi) is 6.61. The van der Waals surface area contributed by atoms with Crippen LogP contribution in [0.3, 0.4) is 0 Å². The van der Waals surface area contributed by atoms with Crippen molar-refractivity contribution in [3.05, 3.63) is 94.0 Å². The molecule has 1 fully saturated rings. The van der Waals surface area contributed by atoms with Gasteiger partial charge in [0.05, 0.1) is 30.4 Å². The largest absolute Gasteiger partial charge is 0.507 e. The highest BCUT2D eigenvalue weighted by molar-refractivity contribution is 6.52. The van der Waals surface area contributed by atoms with Crippen LogP contribution in [-0.2, 0) is 9.59 Å². The lowest BCUT2D eigenvalue weighted by atomic mass is 9.94. The number of methoxy groups -OCH3 is 1. The van der Waals surface area contributed by atoms with Gasteiger partial charge in [-0.3, -0.25) is 14.5 Å². The normalized spacial score (nSPS) is 17.2. The van der Waals surface area contributed by atoms with Gasteiger partial charge in [0.1, 0.15) is 17.3 Å². The number of ketones is 1. The monoisotopic (exact) mass is 477 g/mol. The Balaban J connectivity index is 1.99. The van der Waals surface area contributed by atoms with Crippen LogP contribution < -0.4 is 14.4 Å². The standard InChI is InChI=1S/C27H24ClNO5/c1-4-34-19-12-13-21(28)20(15-19)25(30)23-24(17-9-7-10-18(14-17)33-3)29(27(32)26(23)31)22-11-6-5-8-16(22)2/h5-15,24,30H,4H2,1-3H3/b25-23+. The van der Waals surface area contributed by atoms with Crippen LogP contribution in [0.2, 0.25) is 5.02 Å². The molecule has 7 heteroatoms. The highest BCUT2D eigenvalue weighted by atomic mass is 35.5. The molecule has 0 aromatic heterocycles. The van der Waals surface area contributed by atoms with Crippen molar-refractivity contribution in [2.24, 2.45) is 0 Å². The van der Waals surface area contributed by atoms with E-state index < -0.39 is 17.7 Å². The molecule has 1 heterocycles. The molecule has 1 atom stereocenters. The smallest absolute Gasteiger partial charge is 0.300 e. The van der Waals surface area contributed by atoms with E-state index in [4.69, 9.17) is 21.1 Å². The third-order valence-corrected chi connectivity index (χ3v) is 6.06. The van der Waals surface area contributed by atoms with Crippen molar-refractivity contribution in [3.63, 3.8) is 0 Å². The van der Waals surface area contributed by atoms with E-state index in [-0.39, 0.29) is 21.9 Å². The number of aliphatic hydroxyl groups is 1. The minimum atomic E-state index is -0.886. The van der Waals surface area contributed by atoms with Crippen LogP contribution in [0.5, 0.6) is 11.5 Å². The SMILES string of the molecule is CCOc1ccc(Cl)c(/C(O)=C2\C(=O)C(=O)N(c3ccccc3C)C2c2cccc(OC)c2)c1. The van der Waals surface area contributed by atoms with Crippen molar-refractivity contribution in [1.82, 2.24) is 0 Å². The van der Waals surface area contributed by atoms with E-state index in [0.717, 1.165) is 5.56 Å². The van der Waals surface area contributed by atoms with Crippen LogP contribution in [0.15, 0.2) is 72.3 Å². The fourth-order valence-corrected chi connectivity index (χ4v) is 4.34. The second-order valence-corrected chi connectivity index (χ2v) is 8.21. The lowest BCUT2D eigenvalue weighted by Crippen LogP contribution is -2.30. The number of carbonyl (C=O) groups is 2. The number of carbonyl (C=O) groups excluding carboxylic acids is 2. The predicted octanol–water partition coefficient (Wildman–Crippen LogP) is 5.68. The molecule has 0 bridgehead atoms. The average molecular weight is 478 g/mol. The fourth-order valence-electron chi connectivity index (χ4n) is 4.13. The second kappa shape index (κ2) is 9.61. The van der Waals surface area contributed by atoms with Crippen LogP contribution in [-0.4, -0.2) is 30.5 Å². The number of hydrogen-bond acceptors (Lipinski definition) is 5. The molecule has 1 N–H and O–H groups in total. The molecule has 1 unspecified atom stereocenters. The quantitative estimate of drug-likeness (QED) is 0.281. The summed E-state index contributed by atoms with van der Waals surface area (Å²) in [6.07, 6.45) is 0. The molecule has 0 radical (unpaired) electrons. The van der Waals surface area contributed by atoms with E-state index in [1.807, 2.05) is 26.0 Å². The summed E-state index contributed by atoms with van der Waals surface area (Å²) < 4.78 is 10.9. The zero-order chi connectivity index (χ0) is 24.4. The van der Waals surface area contributed by atoms with Crippen molar-refractivity contribution >= 4 is 34.7 Å². The molecule has 0 spiro atoms. The molecule has 174 valence electrons. The third-order valence-electron chi connectivity index (χ3n) is 5.73. The Labute approximate surface area is 203 Å². The first-order chi connectivity index (χ1) is 16.4. The number of hydrogen-bond donors (Lipinski definition) is 1. The summed E-state index contributed by atoms with van der Waals surface area (Å²) in [6.45, 7) is 4.12. The van der Waals surface area contributed by atoms with Gasteiger partial charge in [-0.15, -0.1) is 0 Å². The van der Waals surface area contributed by atoms with E-state index in [2.05, 4.69) is 0 Å². The molecule has 1 aliphatic rings. The van der Waals surface area contributed by atoms with Gasteiger partial charge >= 0.3 is 0 Å². The van der Waals surface area contributed by atoms with E-state index in [1.54, 1.807) is 54.6 Å². The van der Waals surface area contributed by atoms with Gasteiger partial charge in [-0.1, -0.05) is 41.9 Å². The molecular weight excluding hydrogens is 454 g/mol. The first-order valence-corrected chi connectivity index (χ1v) is 11.2. The lowest BCUT2D eigenvalue weighted by molar-refractivity contribution is -0.132. The molecule has 0 aliphatic carbocycles. The van der Waals surface area contributed by atoms with Gasteiger partial charge in [0.25, 0.3) is 11.7 Å². The molecular formula is C27H24ClNO5. The topological polar surface area (TPSA) is 76.1 Å². The van der Waals surface area contributed by atoms with E-state index in [9.17, 15) is 14.7 Å². The summed E-state index contributed by atoms with van der Waals surface area (Å²) in [7, 11) is 1.54. The number of benzene rings is 3. The second-order valence-electron chi connectivity index (χ2n) is 7.81. The number of nitrogens with zero attached hydrogens (tertiary/aromatic N) is 1. The Morgan fingerprint density at radius 3 is 2.50 bits per heavy atom. The minimum absolute atomic E-state index is 0.0583. The van der Waals surface area contributed by atoms with Gasteiger partial charge in [0.2, 0.25) is 0 Å². The summed E-state index contributed by atoms with van der Waals surface area (Å²) >= 11 is 6.39. The summed E-state index contributed by atoms with van der Waals surface area (Å²) in [5.74, 6) is -0.857. The van der Waals surface area contributed by atoms with Crippen molar-refractivity contribution in [2.45, 2.75) is 19.9 Å². The minimum Gasteiger partial charge on any atom is -0.507 e. The van der Waals surface area contributed by atoms with E-state index in [1.165, 1.54) is 12.0 Å². The molecule has 1 saturated heterocycles. The number of anilines is 1. The third kappa shape index (κ3) is 4.13. The molecule has 4 rings (SSSR count). The molecule has 3 aromatic carbocycles. The first-order valence-electron chi connectivity index (χ1n) is 10.8. The van der Waals surface area contributed by atoms with Gasteiger partial charge in [-0.2, -0.15) is 0 Å². The average Bonchev–Trinajstić information content (AvgIpc) is 3.10. The zero-order valence-electron chi connectivity index (χ0n) is 19.0. The maximum absolute atomic E-state index is 13.4. The lowest BCUT2D eigenvalue weighted by Gasteiger charge is -2.27.